The van der Waals surface area contributed by atoms with E-state index in [-0.39, 0.29) is 0 Å². The van der Waals surface area contributed by atoms with Gasteiger partial charge in [-0.05, 0) is 34.9 Å². The predicted molar refractivity (Wildman–Crippen MR) is 107 cm³/mol. The monoisotopic (exact) mass is 365 g/mol. The topological polar surface area (TPSA) is 28.6 Å². The smallest absolute Gasteiger partial charge is 0.146 e. The number of ether oxygens (including phenoxy) is 1. The molecule has 0 bridgehead atoms. The van der Waals surface area contributed by atoms with Gasteiger partial charge in [-0.3, -0.25) is 4.90 Å². The first-order chi connectivity index (χ1) is 12.9. The summed E-state index contributed by atoms with van der Waals surface area (Å²) in [6.45, 7) is 4.97. The van der Waals surface area contributed by atoms with Gasteiger partial charge in [0.05, 0.1) is 17.4 Å². The molecule has 2 aliphatic rings. The van der Waals surface area contributed by atoms with Gasteiger partial charge in [0.25, 0.3) is 0 Å². The molecule has 0 amide bonds. The van der Waals surface area contributed by atoms with Gasteiger partial charge in [0.2, 0.25) is 0 Å². The molecule has 0 unspecified atom stereocenters. The van der Waals surface area contributed by atoms with E-state index in [9.17, 15) is 0 Å². The highest BCUT2D eigenvalue weighted by molar-refractivity contribution is 7.17. The molecule has 4 nitrogen and oxygen atoms in total. The summed E-state index contributed by atoms with van der Waals surface area (Å²) in [7, 11) is 0. The molecule has 2 saturated heterocycles. The summed E-state index contributed by atoms with van der Waals surface area (Å²) in [4.78, 5) is 9.77. The molecule has 2 fully saturated rings. The number of nitrogens with zero attached hydrogens (tertiary/aromatic N) is 3. The Morgan fingerprint density at radius 2 is 2.00 bits per heavy atom. The summed E-state index contributed by atoms with van der Waals surface area (Å²) in [5.41, 5.74) is 1.26. The average molecular weight is 366 g/mol. The average Bonchev–Trinajstić information content (AvgIpc) is 3.32. The first kappa shape index (κ1) is 16.2. The molecule has 0 saturated carbocycles. The van der Waals surface area contributed by atoms with Crippen LogP contribution < -0.4 is 4.90 Å². The van der Waals surface area contributed by atoms with E-state index in [1.54, 1.807) is 11.3 Å². The summed E-state index contributed by atoms with van der Waals surface area (Å²) < 4.78 is 7.52. The van der Waals surface area contributed by atoms with E-state index in [1.807, 2.05) is 6.20 Å². The molecule has 2 atom stereocenters. The van der Waals surface area contributed by atoms with Crippen LogP contribution in [-0.2, 0) is 11.3 Å². The van der Waals surface area contributed by atoms with Crippen molar-refractivity contribution in [1.82, 2.24) is 9.88 Å². The van der Waals surface area contributed by atoms with Crippen molar-refractivity contribution in [1.29, 1.82) is 0 Å². The highest BCUT2D eigenvalue weighted by Crippen LogP contribution is 2.32. The van der Waals surface area contributed by atoms with Crippen LogP contribution in [0, 0.1) is 0 Å². The van der Waals surface area contributed by atoms with Crippen LogP contribution in [0.3, 0.4) is 0 Å². The van der Waals surface area contributed by atoms with Crippen LogP contribution in [0.1, 0.15) is 12.0 Å². The Morgan fingerprint density at radius 3 is 2.92 bits per heavy atom. The number of thiophene rings is 1. The first-order valence-electron chi connectivity index (χ1n) is 9.33. The number of piperazine rings is 1. The SMILES string of the molecule is c1ccc(CO[C@@H]2C[C@H]3CN(c4nccc5ccsc45)CCN3C2)cc1. The molecule has 0 aliphatic carbocycles. The molecule has 134 valence electrons. The van der Waals surface area contributed by atoms with Crippen LogP contribution in [-0.4, -0.2) is 48.2 Å². The van der Waals surface area contributed by atoms with Crippen LogP contribution in [0.5, 0.6) is 0 Å². The molecule has 0 radical (unpaired) electrons. The fourth-order valence-electron chi connectivity index (χ4n) is 4.20. The third-order valence-corrected chi connectivity index (χ3v) is 6.48. The van der Waals surface area contributed by atoms with Gasteiger partial charge >= 0.3 is 0 Å². The largest absolute Gasteiger partial charge is 0.372 e. The van der Waals surface area contributed by atoms with Gasteiger partial charge in [0, 0.05) is 38.4 Å². The van der Waals surface area contributed by atoms with Crippen LogP contribution in [0.15, 0.2) is 54.0 Å². The van der Waals surface area contributed by atoms with Crippen molar-refractivity contribution in [2.45, 2.75) is 25.2 Å². The van der Waals surface area contributed by atoms with Crippen molar-refractivity contribution < 1.29 is 4.74 Å². The van der Waals surface area contributed by atoms with Crippen molar-refractivity contribution in [2.75, 3.05) is 31.1 Å². The standard InChI is InChI=1S/C21H23N3OS/c1-2-4-16(5-3-1)15-25-19-12-18-13-24(10-9-23(18)14-19)21-20-17(6-8-22-21)7-11-26-20/h1-8,11,18-19H,9-10,12-15H2/t18-,19+/m0/s1. The lowest BCUT2D eigenvalue weighted by Crippen LogP contribution is -2.50. The normalized spacial score (nSPS) is 23.5. The first-order valence-corrected chi connectivity index (χ1v) is 10.2. The number of aromatic nitrogens is 1. The number of fused-ring (bicyclic) bond motifs is 2. The molecular formula is C21H23N3OS. The van der Waals surface area contributed by atoms with Crippen LogP contribution in [0.2, 0.25) is 0 Å². The Labute approximate surface area is 158 Å². The fraction of sp³-hybridized carbons (Fsp3) is 0.381. The quantitative estimate of drug-likeness (QED) is 0.704. The highest BCUT2D eigenvalue weighted by atomic mass is 32.1. The maximum Gasteiger partial charge on any atom is 0.146 e. The van der Waals surface area contributed by atoms with E-state index < -0.39 is 0 Å². The zero-order chi connectivity index (χ0) is 17.3. The highest BCUT2D eigenvalue weighted by Gasteiger charge is 2.37. The van der Waals surface area contributed by atoms with Crippen molar-refractivity contribution in [2.24, 2.45) is 0 Å². The van der Waals surface area contributed by atoms with Crippen molar-refractivity contribution in [3.05, 3.63) is 59.6 Å². The molecule has 2 aromatic heterocycles. The number of hydrogen-bond donors (Lipinski definition) is 0. The van der Waals surface area contributed by atoms with Gasteiger partial charge in [-0.2, -0.15) is 0 Å². The van der Waals surface area contributed by atoms with E-state index in [4.69, 9.17) is 9.72 Å². The van der Waals surface area contributed by atoms with E-state index >= 15 is 0 Å². The van der Waals surface area contributed by atoms with E-state index in [0.29, 0.717) is 18.8 Å². The van der Waals surface area contributed by atoms with E-state index in [1.165, 1.54) is 15.6 Å². The Balaban J connectivity index is 1.25. The third kappa shape index (κ3) is 3.11. The Hall–Kier alpha value is -1.95. The minimum absolute atomic E-state index is 0.339. The number of hydrogen-bond acceptors (Lipinski definition) is 5. The second-order valence-electron chi connectivity index (χ2n) is 7.22. The van der Waals surface area contributed by atoms with E-state index in [2.05, 4.69) is 57.6 Å². The lowest BCUT2D eigenvalue weighted by Gasteiger charge is -2.38. The number of pyridine rings is 1. The van der Waals surface area contributed by atoms with Gasteiger partial charge < -0.3 is 9.64 Å². The maximum atomic E-state index is 6.21. The zero-order valence-electron chi connectivity index (χ0n) is 14.8. The van der Waals surface area contributed by atoms with Crippen molar-refractivity contribution in [3.8, 4) is 0 Å². The molecule has 3 aromatic rings. The third-order valence-electron chi connectivity index (χ3n) is 5.56. The van der Waals surface area contributed by atoms with Gasteiger partial charge in [-0.1, -0.05) is 30.3 Å². The number of anilines is 1. The summed E-state index contributed by atoms with van der Waals surface area (Å²) in [6, 6.07) is 15.3. The molecule has 2 aliphatic heterocycles. The predicted octanol–water partition coefficient (Wildman–Crippen LogP) is 3.78. The summed E-state index contributed by atoms with van der Waals surface area (Å²) in [6.07, 6.45) is 3.40. The molecular weight excluding hydrogens is 342 g/mol. The summed E-state index contributed by atoms with van der Waals surface area (Å²) in [5, 5.41) is 3.47. The van der Waals surface area contributed by atoms with Crippen LogP contribution >= 0.6 is 11.3 Å². The van der Waals surface area contributed by atoms with Crippen molar-refractivity contribution in [3.63, 3.8) is 0 Å². The Bertz CT molecular complexity index is 881. The minimum atomic E-state index is 0.339. The molecule has 0 spiro atoms. The lowest BCUT2D eigenvalue weighted by molar-refractivity contribution is 0.0469. The van der Waals surface area contributed by atoms with Gasteiger partial charge in [0.1, 0.15) is 5.82 Å². The molecule has 5 rings (SSSR count). The molecule has 26 heavy (non-hydrogen) atoms. The maximum absolute atomic E-state index is 6.21. The fourth-order valence-corrected chi connectivity index (χ4v) is 5.11. The lowest BCUT2D eigenvalue weighted by atomic mass is 10.1. The number of benzene rings is 1. The number of rotatable bonds is 4. The summed E-state index contributed by atoms with van der Waals surface area (Å²) in [5.74, 6) is 1.16. The second-order valence-corrected chi connectivity index (χ2v) is 8.14. The summed E-state index contributed by atoms with van der Waals surface area (Å²) >= 11 is 1.80. The van der Waals surface area contributed by atoms with Gasteiger partial charge in [-0.25, -0.2) is 4.98 Å². The van der Waals surface area contributed by atoms with E-state index in [0.717, 1.165) is 38.4 Å². The zero-order valence-corrected chi connectivity index (χ0v) is 15.6. The molecule has 5 heteroatoms. The van der Waals surface area contributed by atoms with Crippen LogP contribution in [0.4, 0.5) is 5.82 Å². The minimum Gasteiger partial charge on any atom is -0.372 e. The van der Waals surface area contributed by atoms with Crippen molar-refractivity contribution >= 4 is 27.2 Å². The Kier molecular flexibility index (Phi) is 4.36. The Morgan fingerprint density at radius 1 is 1.08 bits per heavy atom. The second kappa shape index (κ2) is 6.99. The molecule has 0 N–H and O–H groups in total. The molecule has 4 heterocycles. The van der Waals surface area contributed by atoms with Crippen LogP contribution in [0.25, 0.3) is 10.1 Å². The van der Waals surface area contributed by atoms with Gasteiger partial charge in [0.15, 0.2) is 0 Å². The molecule has 1 aromatic carbocycles. The van der Waals surface area contributed by atoms with Gasteiger partial charge in [-0.15, -0.1) is 11.3 Å².